The van der Waals surface area contributed by atoms with Gasteiger partial charge in [-0.15, -0.1) is 0 Å². The van der Waals surface area contributed by atoms with Crippen LogP contribution in [0.4, 0.5) is 0 Å². The molecule has 1 saturated heterocycles. The number of benzene rings is 1. The van der Waals surface area contributed by atoms with Gasteiger partial charge in [-0.1, -0.05) is 29.8 Å². The van der Waals surface area contributed by atoms with Crippen LogP contribution in [0.1, 0.15) is 35.7 Å². The van der Waals surface area contributed by atoms with E-state index in [1.165, 1.54) is 29.7 Å². The fourth-order valence-corrected chi connectivity index (χ4v) is 2.58. The van der Waals surface area contributed by atoms with E-state index in [1.807, 2.05) is 12.5 Å². The molecule has 0 radical (unpaired) electrons. The quantitative estimate of drug-likeness (QED) is 0.895. The summed E-state index contributed by atoms with van der Waals surface area (Å²) >= 11 is 0. The Morgan fingerprint density at radius 1 is 1.33 bits per heavy atom. The molecule has 3 nitrogen and oxygen atoms in total. The molecule has 2 heterocycles. The minimum absolute atomic E-state index is 0.484. The van der Waals surface area contributed by atoms with E-state index in [-0.39, 0.29) is 0 Å². The van der Waals surface area contributed by atoms with Crippen molar-refractivity contribution < 1.29 is 0 Å². The maximum Gasteiger partial charge on any atom is 0.0951 e. The summed E-state index contributed by atoms with van der Waals surface area (Å²) in [7, 11) is 0. The molecule has 3 heteroatoms. The van der Waals surface area contributed by atoms with Crippen LogP contribution in [0.15, 0.2) is 36.8 Å². The highest BCUT2D eigenvalue weighted by Gasteiger charge is 2.19. The molecule has 1 aromatic carbocycles. The van der Waals surface area contributed by atoms with E-state index in [9.17, 15) is 0 Å². The first-order valence-electron chi connectivity index (χ1n) is 6.62. The maximum absolute atomic E-state index is 4.30. The zero-order chi connectivity index (χ0) is 12.4. The first kappa shape index (κ1) is 11.5. The lowest BCUT2D eigenvalue weighted by molar-refractivity contribution is 0.584. The van der Waals surface area contributed by atoms with Gasteiger partial charge in [0.05, 0.1) is 12.0 Å². The Labute approximate surface area is 108 Å². The second kappa shape index (κ2) is 4.94. The molecule has 0 spiro atoms. The Hall–Kier alpha value is -1.61. The number of nitrogens with zero attached hydrogens (tertiary/aromatic N) is 2. The molecule has 18 heavy (non-hydrogen) atoms. The lowest BCUT2D eigenvalue weighted by atomic mass is 10.1. The van der Waals surface area contributed by atoms with Crippen molar-refractivity contribution in [3.05, 3.63) is 53.6 Å². The number of aromatic nitrogens is 2. The first-order valence-corrected chi connectivity index (χ1v) is 6.62. The van der Waals surface area contributed by atoms with Gasteiger partial charge in [-0.3, -0.25) is 0 Å². The number of hydrogen-bond acceptors (Lipinski definition) is 2. The van der Waals surface area contributed by atoms with E-state index in [0.29, 0.717) is 6.04 Å². The molecule has 3 rings (SSSR count). The van der Waals surface area contributed by atoms with E-state index in [1.54, 1.807) is 0 Å². The molecule has 1 N–H and O–H groups in total. The lowest BCUT2D eigenvalue weighted by Crippen LogP contribution is -2.17. The summed E-state index contributed by atoms with van der Waals surface area (Å²) in [6.07, 6.45) is 6.42. The van der Waals surface area contributed by atoms with Crippen molar-refractivity contribution in [1.82, 2.24) is 14.9 Å². The Kier molecular flexibility index (Phi) is 3.15. The molecule has 0 amide bonds. The summed E-state index contributed by atoms with van der Waals surface area (Å²) in [4.78, 5) is 4.30. The minimum Gasteiger partial charge on any atom is -0.329 e. The van der Waals surface area contributed by atoms with Crippen molar-refractivity contribution in [1.29, 1.82) is 0 Å². The summed E-state index contributed by atoms with van der Waals surface area (Å²) in [5, 5.41) is 3.53. The third-order valence-electron chi connectivity index (χ3n) is 3.64. The summed E-state index contributed by atoms with van der Waals surface area (Å²) in [5.41, 5.74) is 3.95. The standard InChI is InChI=1S/C15H19N3/c1-12-4-6-13(7-5-12)10-18-11-16-9-15(18)14-3-2-8-17-14/h4-7,9,11,14,17H,2-3,8,10H2,1H3/t14-/m0/s1. The molecule has 1 aliphatic rings. The van der Waals surface area contributed by atoms with Crippen LogP contribution in [0.5, 0.6) is 0 Å². The summed E-state index contributed by atoms with van der Waals surface area (Å²) in [6, 6.07) is 9.21. The lowest BCUT2D eigenvalue weighted by Gasteiger charge is -2.14. The van der Waals surface area contributed by atoms with Crippen LogP contribution in [0, 0.1) is 6.92 Å². The molecule has 1 aliphatic heterocycles. The average molecular weight is 241 g/mol. The van der Waals surface area contributed by atoms with Crippen molar-refractivity contribution in [2.24, 2.45) is 0 Å². The Morgan fingerprint density at radius 3 is 2.89 bits per heavy atom. The molecule has 0 unspecified atom stereocenters. The van der Waals surface area contributed by atoms with Crippen LogP contribution in [0.2, 0.25) is 0 Å². The molecule has 1 aromatic heterocycles. The van der Waals surface area contributed by atoms with Crippen LogP contribution in [0.25, 0.3) is 0 Å². The topological polar surface area (TPSA) is 29.9 Å². The molecule has 94 valence electrons. The fraction of sp³-hybridized carbons (Fsp3) is 0.400. The van der Waals surface area contributed by atoms with Gasteiger partial charge in [-0.25, -0.2) is 4.98 Å². The van der Waals surface area contributed by atoms with E-state index in [2.05, 4.69) is 46.1 Å². The number of hydrogen-bond donors (Lipinski definition) is 1. The number of nitrogens with one attached hydrogen (secondary N) is 1. The highest BCUT2D eigenvalue weighted by atomic mass is 15.1. The molecule has 1 atom stereocenters. The number of aryl methyl sites for hydroxylation is 1. The van der Waals surface area contributed by atoms with E-state index in [0.717, 1.165) is 13.1 Å². The zero-order valence-corrected chi connectivity index (χ0v) is 10.8. The Balaban J connectivity index is 1.80. The second-order valence-electron chi connectivity index (χ2n) is 5.08. The highest BCUT2D eigenvalue weighted by molar-refractivity contribution is 5.22. The maximum atomic E-state index is 4.30. The predicted molar refractivity (Wildman–Crippen MR) is 72.5 cm³/mol. The van der Waals surface area contributed by atoms with Gasteiger partial charge in [0, 0.05) is 18.8 Å². The van der Waals surface area contributed by atoms with Gasteiger partial charge in [0.1, 0.15) is 0 Å². The van der Waals surface area contributed by atoms with Crippen LogP contribution >= 0.6 is 0 Å². The van der Waals surface area contributed by atoms with Gasteiger partial charge in [0.25, 0.3) is 0 Å². The first-order chi connectivity index (χ1) is 8.83. The van der Waals surface area contributed by atoms with Crippen LogP contribution in [0.3, 0.4) is 0 Å². The number of rotatable bonds is 3. The summed E-state index contributed by atoms with van der Waals surface area (Å²) < 4.78 is 2.26. The normalized spacial score (nSPS) is 19.3. The van der Waals surface area contributed by atoms with Gasteiger partial charge in [-0.05, 0) is 31.9 Å². The SMILES string of the molecule is Cc1ccc(Cn2cncc2[C@@H]2CCCN2)cc1. The predicted octanol–water partition coefficient (Wildman–Crippen LogP) is 2.66. The third-order valence-corrected chi connectivity index (χ3v) is 3.64. The van der Waals surface area contributed by atoms with Gasteiger partial charge < -0.3 is 9.88 Å². The molecular formula is C15H19N3. The monoisotopic (exact) mass is 241 g/mol. The Morgan fingerprint density at radius 2 is 2.17 bits per heavy atom. The summed E-state index contributed by atoms with van der Waals surface area (Å²) in [6.45, 7) is 4.16. The molecule has 2 aromatic rings. The number of imidazole rings is 1. The van der Waals surface area contributed by atoms with E-state index < -0.39 is 0 Å². The van der Waals surface area contributed by atoms with Crippen molar-refractivity contribution in [2.45, 2.75) is 32.4 Å². The minimum atomic E-state index is 0.484. The van der Waals surface area contributed by atoms with E-state index >= 15 is 0 Å². The molecule has 0 bridgehead atoms. The van der Waals surface area contributed by atoms with E-state index in [4.69, 9.17) is 0 Å². The fourth-order valence-electron chi connectivity index (χ4n) is 2.58. The van der Waals surface area contributed by atoms with Crippen LogP contribution in [-0.2, 0) is 6.54 Å². The van der Waals surface area contributed by atoms with Crippen molar-refractivity contribution in [3.8, 4) is 0 Å². The van der Waals surface area contributed by atoms with Gasteiger partial charge in [0.15, 0.2) is 0 Å². The third kappa shape index (κ3) is 2.31. The second-order valence-corrected chi connectivity index (χ2v) is 5.08. The zero-order valence-electron chi connectivity index (χ0n) is 10.8. The van der Waals surface area contributed by atoms with Crippen LogP contribution < -0.4 is 5.32 Å². The average Bonchev–Trinajstić information content (AvgIpc) is 3.02. The van der Waals surface area contributed by atoms with Gasteiger partial charge in [0.2, 0.25) is 0 Å². The van der Waals surface area contributed by atoms with Crippen molar-refractivity contribution >= 4 is 0 Å². The van der Waals surface area contributed by atoms with Crippen molar-refractivity contribution in [3.63, 3.8) is 0 Å². The largest absolute Gasteiger partial charge is 0.329 e. The van der Waals surface area contributed by atoms with Crippen molar-refractivity contribution in [2.75, 3.05) is 6.54 Å². The highest BCUT2D eigenvalue weighted by Crippen LogP contribution is 2.23. The molecule has 1 fully saturated rings. The van der Waals surface area contributed by atoms with Gasteiger partial charge >= 0.3 is 0 Å². The molecular weight excluding hydrogens is 222 g/mol. The molecule has 0 saturated carbocycles. The van der Waals surface area contributed by atoms with Crippen LogP contribution in [-0.4, -0.2) is 16.1 Å². The Bertz CT molecular complexity index is 507. The molecule has 0 aliphatic carbocycles. The smallest absolute Gasteiger partial charge is 0.0951 e. The summed E-state index contributed by atoms with van der Waals surface area (Å²) in [5.74, 6) is 0. The van der Waals surface area contributed by atoms with Gasteiger partial charge in [-0.2, -0.15) is 0 Å².